The van der Waals surface area contributed by atoms with Crippen molar-refractivity contribution in [2.24, 2.45) is 10.8 Å². The summed E-state index contributed by atoms with van der Waals surface area (Å²) in [5.74, 6) is 1.45. The summed E-state index contributed by atoms with van der Waals surface area (Å²) in [6.45, 7) is 42.7. The van der Waals surface area contributed by atoms with Crippen molar-refractivity contribution in [2.75, 3.05) is 122 Å². The maximum absolute atomic E-state index is 12.1. The van der Waals surface area contributed by atoms with E-state index in [0.717, 1.165) is 142 Å². The van der Waals surface area contributed by atoms with Crippen molar-refractivity contribution in [1.29, 1.82) is 0 Å². The van der Waals surface area contributed by atoms with E-state index < -0.39 is 0 Å². The van der Waals surface area contributed by atoms with Crippen LogP contribution < -0.4 is 0 Å². The van der Waals surface area contributed by atoms with Crippen LogP contribution in [0.2, 0.25) is 0 Å². The van der Waals surface area contributed by atoms with Gasteiger partial charge in [-0.2, -0.15) is 0 Å². The van der Waals surface area contributed by atoms with Crippen LogP contribution in [0.3, 0.4) is 0 Å². The van der Waals surface area contributed by atoms with Gasteiger partial charge in [0, 0.05) is 92.4 Å². The maximum Gasteiger partial charge on any atom is 0.229 e. The molecule has 430 valence electrons. The number of carbonyl (C=O) groups excluding carboxylic acids is 4. The standard InChI is InChI=1S/2C11H20N2O.C10H18N2O.C9H16N2O.8C2H6.2CH4/c1-12-8-5-11(6-9-12)4-3-7-13(2)10(11)14;1-12-8-6-11(7-9-12)5-3-4-10(14)13(11)2;1-11-6-3-4-10(8-11)5-7-12(2)9(10)13;1-10-6-5-9(7-10)4-3-8(12)11(9)2;8*1-2;;/h2*3-9H2,1-2H3;3-8H2,1-2H3;3-7H2,1-2H3;8*1-2H3;2*1H4. The van der Waals surface area contributed by atoms with Crippen LogP contribution in [0.5, 0.6) is 0 Å². The number of likely N-dealkylation sites (N-methyl/N-ethyl adjacent to an activating group) is 2. The Morgan fingerprint density at radius 2 is 0.662 bits per heavy atom. The number of hydrogen-bond donors (Lipinski definition) is 0. The molecule has 0 aromatic rings. The summed E-state index contributed by atoms with van der Waals surface area (Å²) in [6, 6.07) is 0. The van der Waals surface area contributed by atoms with Gasteiger partial charge in [-0.1, -0.05) is 126 Å². The largest absolute Gasteiger partial charge is 0.345 e. The highest BCUT2D eigenvalue weighted by Gasteiger charge is 2.48. The Kier molecular flexibility index (Phi) is 49.7. The van der Waals surface area contributed by atoms with Crippen molar-refractivity contribution >= 4 is 23.6 Å². The van der Waals surface area contributed by atoms with Gasteiger partial charge in [0.2, 0.25) is 23.6 Å². The van der Waals surface area contributed by atoms with E-state index in [9.17, 15) is 19.2 Å². The SMILES string of the molecule is C.C.CC.CC.CC.CC.CC.CC.CC.CC.CN1CCC2(CCC(=O)N2C)C1.CN1CCC2(CCCC(=O)N2C)CC1.CN1CCC2(CCCN(C)C2=O)CC1.CN1CCCC2(CCN(C)C2=O)C1. The third-order valence-electron chi connectivity index (χ3n) is 14.8. The fourth-order valence-electron chi connectivity index (χ4n) is 10.8. The number of amides is 4. The molecule has 4 spiro atoms. The molecule has 8 saturated heterocycles. The van der Waals surface area contributed by atoms with Crippen LogP contribution in [0.4, 0.5) is 0 Å². The zero-order chi connectivity index (χ0) is 54.6. The molecular formula is C59H130N8O4. The van der Waals surface area contributed by atoms with Crippen LogP contribution in [-0.4, -0.2) is 196 Å². The van der Waals surface area contributed by atoms with Gasteiger partial charge in [0.1, 0.15) is 0 Å². The minimum Gasteiger partial charge on any atom is -0.345 e. The molecule has 0 aromatic carbocycles. The van der Waals surface area contributed by atoms with Crippen molar-refractivity contribution < 1.29 is 19.2 Å². The normalized spacial score (nSPS) is 24.8. The highest BCUT2D eigenvalue weighted by atomic mass is 16.2. The van der Waals surface area contributed by atoms with Gasteiger partial charge in [0.25, 0.3) is 0 Å². The first-order chi connectivity index (χ1) is 33.1. The summed E-state index contributed by atoms with van der Waals surface area (Å²) in [4.78, 5) is 64.2. The van der Waals surface area contributed by atoms with Gasteiger partial charge in [-0.15, -0.1) is 0 Å². The van der Waals surface area contributed by atoms with E-state index in [4.69, 9.17) is 0 Å². The van der Waals surface area contributed by atoms with Crippen molar-refractivity contribution in [2.45, 2.75) is 233 Å². The first-order valence-electron chi connectivity index (χ1n) is 28.8. The molecule has 0 radical (unpaired) electrons. The summed E-state index contributed by atoms with van der Waals surface area (Å²) in [5.41, 5.74) is 0.412. The lowest BCUT2D eigenvalue weighted by Crippen LogP contribution is -2.57. The number of likely N-dealkylation sites (tertiary alicyclic amines) is 8. The summed E-state index contributed by atoms with van der Waals surface area (Å²) in [5, 5.41) is 0. The molecule has 71 heavy (non-hydrogen) atoms. The smallest absolute Gasteiger partial charge is 0.229 e. The molecule has 4 amide bonds. The van der Waals surface area contributed by atoms with Gasteiger partial charge in [0.05, 0.1) is 16.4 Å². The first-order valence-corrected chi connectivity index (χ1v) is 28.8. The second-order valence-electron chi connectivity index (χ2n) is 18.5. The van der Waals surface area contributed by atoms with Gasteiger partial charge in [-0.05, 0) is 131 Å². The topological polar surface area (TPSA) is 94.2 Å². The molecule has 2 unspecified atom stereocenters. The summed E-state index contributed by atoms with van der Waals surface area (Å²) in [6.07, 6.45) is 16.1. The van der Waals surface area contributed by atoms with Gasteiger partial charge in [-0.3, -0.25) is 19.2 Å². The predicted octanol–water partition coefficient (Wildman–Crippen LogP) is 12.4. The number of hydrogen-bond acceptors (Lipinski definition) is 8. The Morgan fingerprint density at radius 1 is 0.310 bits per heavy atom. The predicted molar refractivity (Wildman–Crippen MR) is 315 cm³/mol. The number of nitrogens with zero attached hydrogens (tertiary/aromatic N) is 8. The molecule has 8 rings (SSSR count). The molecule has 0 N–H and O–H groups in total. The maximum atomic E-state index is 12.1. The summed E-state index contributed by atoms with van der Waals surface area (Å²) >= 11 is 0. The molecule has 0 saturated carbocycles. The molecule has 8 aliphatic heterocycles. The van der Waals surface area contributed by atoms with Crippen LogP contribution >= 0.6 is 0 Å². The molecule has 2 atom stereocenters. The lowest BCUT2D eigenvalue weighted by molar-refractivity contribution is -0.148. The lowest BCUT2D eigenvalue weighted by Gasteiger charge is -2.49. The quantitative estimate of drug-likeness (QED) is 0.237. The molecule has 0 aromatic heterocycles. The second kappa shape index (κ2) is 44.1. The zero-order valence-corrected chi connectivity index (χ0v) is 50.9. The van der Waals surface area contributed by atoms with Gasteiger partial charge in [0.15, 0.2) is 0 Å². The molecular weight excluding hydrogens is 885 g/mol. The second-order valence-corrected chi connectivity index (χ2v) is 18.5. The van der Waals surface area contributed by atoms with E-state index >= 15 is 0 Å². The van der Waals surface area contributed by atoms with E-state index in [-0.39, 0.29) is 36.8 Å². The summed E-state index contributed by atoms with van der Waals surface area (Å²) in [7, 11) is 16.4. The van der Waals surface area contributed by atoms with Crippen molar-refractivity contribution in [3.63, 3.8) is 0 Å². The molecule has 0 aliphatic carbocycles. The first kappa shape index (κ1) is 80.1. The Morgan fingerprint density at radius 3 is 1.07 bits per heavy atom. The van der Waals surface area contributed by atoms with Crippen LogP contribution in [0, 0.1) is 10.8 Å². The number of piperidine rings is 5. The third kappa shape index (κ3) is 23.9. The van der Waals surface area contributed by atoms with Crippen LogP contribution in [0.1, 0.15) is 222 Å². The van der Waals surface area contributed by atoms with Crippen LogP contribution in [-0.2, 0) is 19.2 Å². The number of carbonyl (C=O) groups is 4. The van der Waals surface area contributed by atoms with Crippen molar-refractivity contribution in [3.05, 3.63) is 0 Å². The Labute approximate surface area is 446 Å². The van der Waals surface area contributed by atoms with Gasteiger partial charge < -0.3 is 39.2 Å². The van der Waals surface area contributed by atoms with Crippen molar-refractivity contribution in [1.82, 2.24) is 39.2 Å². The highest BCUT2D eigenvalue weighted by Crippen LogP contribution is 2.41. The van der Waals surface area contributed by atoms with Crippen molar-refractivity contribution in [3.8, 4) is 0 Å². The monoisotopic (exact) mass is 1020 g/mol. The fraction of sp³-hybridized carbons (Fsp3) is 0.932. The average molecular weight is 1020 g/mol. The minimum atomic E-state index is -0.0122. The average Bonchev–Trinajstić information content (AvgIpc) is 4.02. The van der Waals surface area contributed by atoms with E-state index in [0.29, 0.717) is 23.6 Å². The molecule has 12 heteroatoms. The molecule has 8 heterocycles. The molecule has 8 aliphatic rings. The Balaban J connectivity index is -0.000000179. The van der Waals surface area contributed by atoms with E-state index in [1.54, 1.807) is 0 Å². The highest BCUT2D eigenvalue weighted by molar-refractivity contribution is 5.85. The molecule has 8 fully saturated rings. The number of rotatable bonds is 0. The Bertz CT molecular complexity index is 1300. The van der Waals surface area contributed by atoms with Crippen LogP contribution in [0.25, 0.3) is 0 Å². The van der Waals surface area contributed by atoms with E-state index in [1.165, 1.54) is 19.3 Å². The van der Waals surface area contributed by atoms with E-state index in [2.05, 4.69) is 47.8 Å². The van der Waals surface area contributed by atoms with E-state index in [1.807, 2.05) is 159 Å². The van der Waals surface area contributed by atoms with Gasteiger partial charge in [-0.25, -0.2) is 0 Å². The third-order valence-corrected chi connectivity index (χ3v) is 14.8. The molecule has 12 nitrogen and oxygen atoms in total. The molecule has 0 bridgehead atoms. The fourth-order valence-corrected chi connectivity index (χ4v) is 10.8. The van der Waals surface area contributed by atoms with Gasteiger partial charge >= 0.3 is 0 Å². The lowest BCUT2D eigenvalue weighted by atomic mass is 9.72. The van der Waals surface area contributed by atoms with Crippen LogP contribution in [0.15, 0.2) is 0 Å². The zero-order valence-electron chi connectivity index (χ0n) is 50.9. The summed E-state index contributed by atoms with van der Waals surface area (Å²) < 4.78 is 0. The Hall–Kier alpha value is -2.28. The minimum absolute atomic E-state index is 0.